The number of piperidine rings is 1. The number of hydrogen-bond donors (Lipinski definition) is 0. The molecule has 5 heteroatoms. The van der Waals surface area contributed by atoms with Crippen LogP contribution < -0.4 is 0 Å². The molecular weight excluding hydrogens is 314 g/mol. The van der Waals surface area contributed by atoms with E-state index in [0.29, 0.717) is 12.2 Å². The van der Waals surface area contributed by atoms with Crippen molar-refractivity contribution in [2.24, 2.45) is 5.41 Å². The Morgan fingerprint density at radius 1 is 1.32 bits per heavy atom. The molecule has 2 aliphatic rings. The molecule has 0 aliphatic carbocycles. The zero-order valence-corrected chi connectivity index (χ0v) is 15.0. The fourth-order valence-corrected chi connectivity index (χ4v) is 4.14. The quantitative estimate of drug-likeness (QED) is 0.842. The molecule has 0 radical (unpaired) electrons. The highest BCUT2D eigenvalue weighted by Crippen LogP contribution is 2.39. The molecule has 0 bridgehead atoms. The highest BCUT2D eigenvalue weighted by molar-refractivity contribution is 5.67. The van der Waals surface area contributed by atoms with E-state index in [4.69, 9.17) is 10.00 Å². The van der Waals surface area contributed by atoms with Crippen LogP contribution in [0.15, 0.2) is 24.3 Å². The fourth-order valence-electron chi connectivity index (χ4n) is 4.14. The summed E-state index contributed by atoms with van der Waals surface area (Å²) < 4.78 is 5.32. The van der Waals surface area contributed by atoms with Gasteiger partial charge in [-0.25, -0.2) is 4.79 Å². The molecule has 3 rings (SSSR count). The molecule has 2 fully saturated rings. The van der Waals surface area contributed by atoms with Gasteiger partial charge in [-0.3, -0.25) is 4.90 Å². The first-order chi connectivity index (χ1) is 12.1. The number of ether oxygens (including phenoxy) is 1. The van der Waals surface area contributed by atoms with Crippen molar-refractivity contribution in [1.82, 2.24) is 9.80 Å². The molecule has 2 saturated heterocycles. The summed E-state index contributed by atoms with van der Waals surface area (Å²) in [5.41, 5.74) is 2.11. The van der Waals surface area contributed by atoms with Crippen LogP contribution in [0.2, 0.25) is 0 Å². The Hall–Kier alpha value is -2.06. The zero-order chi connectivity index (χ0) is 17.7. The van der Waals surface area contributed by atoms with Crippen molar-refractivity contribution >= 4 is 6.09 Å². The van der Waals surface area contributed by atoms with Crippen molar-refractivity contribution in [1.29, 1.82) is 5.26 Å². The van der Waals surface area contributed by atoms with Crippen LogP contribution in [-0.2, 0) is 11.3 Å². The number of rotatable bonds is 4. The summed E-state index contributed by atoms with van der Waals surface area (Å²) >= 11 is 0. The number of amides is 1. The Balaban J connectivity index is 1.59. The normalized spacial score (nSPS) is 23.6. The lowest BCUT2D eigenvalue weighted by molar-refractivity contribution is 0.0574. The maximum absolute atomic E-state index is 12.2. The van der Waals surface area contributed by atoms with E-state index >= 15 is 0 Å². The molecular formula is C20H27N3O2. The van der Waals surface area contributed by atoms with Crippen LogP contribution in [-0.4, -0.2) is 48.7 Å². The average Bonchev–Trinajstić information content (AvgIpc) is 3.01. The van der Waals surface area contributed by atoms with Crippen LogP contribution in [0.25, 0.3) is 0 Å². The largest absolute Gasteiger partial charge is 0.449 e. The maximum Gasteiger partial charge on any atom is 0.409 e. The van der Waals surface area contributed by atoms with E-state index in [2.05, 4.69) is 17.0 Å². The van der Waals surface area contributed by atoms with Gasteiger partial charge in [0.1, 0.15) is 0 Å². The summed E-state index contributed by atoms with van der Waals surface area (Å²) in [7, 11) is 0. The van der Waals surface area contributed by atoms with E-state index in [1.807, 2.05) is 30.0 Å². The monoisotopic (exact) mass is 341 g/mol. The van der Waals surface area contributed by atoms with Crippen LogP contribution in [0.4, 0.5) is 4.79 Å². The first-order valence-corrected chi connectivity index (χ1v) is 9.27. The molecule has 5 nitrogen and oxygen atoms in total. The molecule has 2 heterocycles. The van der Waals surface area contributed by atoms with Gasteiger partial charge in [0.25, 0.3) is 0 Å². The Kier molecular flexibility index (Phi) is 5.60. The number of hydrogen-bond acceptors (Lipinski definition) is 4. The summed E-state index contributed by atoms with van der Waals surface area (Å²) in [5, 5.41) is 9.05. The van der Waals surface area contributed by atoms with Crippen LogP contribution in [0.5, 0.6) is 0 Å². The number of carbonyl (C=O) groups excluding carboxylic acids is 1. The standard InChI is InChI=1S/C20H27N3O2/c1-2-11-25-19(24)23-9-4-7-20(16-23)8-10-22(15-20)14-18-6-3-5-17(12-18)13-21/h3,5-6,12H,2,4,7-11,14-16H2,1H3/t20-/m1/s1. The van der Waals surface area contributed by atoms with E-state index in [1.54, 1.807) is 0 Å². The van der Waals surface area contributed by atoms with Crippen molar-refractivity contribution in [3.8, 4) is 6.07 Å². The average molecular weight is 341 g/mol. The maximum atomic E-state index is 12.2. The molecule has 1 atom stereocenters. The SMILES string of the molecule is CCCOC(=O)N1CCC[C@]2(CCN(Cc3cccc(C#N)c3)C2)C1. The Bertz CT molecular complexity index is 655. The Morgan fingerprint density at radius 3 is 3.00 bits per heavy atom. The predicted octanol–water partition coefficient (Wildman–Crippen LogP) is 3.39. The molecule has 0 N–H and O–H groups in total. The van der Waals surface area contributed by atoms with Gasteiger partial charge in [0.15, 0.2) is 0 Å². The van der Waals surface area contributed by atoms with Gasteiger partial charge in [0.2, 0.25) is 0 Å². The third-order valence-electron chi connectivity index (χ3n) is 5.33. The molecule has 0 unspecified atom stereocenters. The predicted molar refractivity (Wildman–Crippen MR) is 95.9 cm³/mol. The molecule has 1 spiro atoms. The second kappa shape index (κ2) is 7.88. The van der Waals surface area contributed by atoms with Gasteiger partial charge in [0, 0.05) is 31.6 Å². The first kappa shape index (κ1) is 17.8. The van der Waals surface area contributed by atoms with Gasteiger partial charge >= 0.3 is 6.09 Å². The number of nitriles is 1. The van der Waals surface area contributed by atoms with E-state index in [0.717, 1.165) is 52.0 Å². The fraction of sp³-hybridized carbons (Fsp3) is 0.600. The third-order valence-corrected chi connectivity index (χ3v) is 5.33. The van der Waals surface area contributed by atoms with Crippen molar-refractivity contribution < 1.29 is 9.53 Å². The minimum absolute atomic E-state index is 0.152. The summed E-state index contributed by atoms with van der Waals surface area (Å²) in [4.78, 5) is 16.6. The topological polar surface area (TPSA) is 56.6 Å². The van der Waals surface area contributed by atoms with Crippen LogP contribution in [0.1, 0.15) is 43.7 Å². The minimum Gasteiger partial charge on any atom is -0.449 e. The highest BCUT2D eigenvalue weighted by atomic mass is 16.6. The molecule has 1 aromatic rings. The van der Waals surface area contributed by atoms with Crippen molar-refractivity contribution in [3.63, 3.8) is 0 Å². The van der Waals surface area contributed by atoms with E-state index < -0.39 is 0 Å². The van der Waals surface area contributed by atoms with Gasteiger partial charge < -0.3 is 9.64 Å². The molecule has 134 valence electrons. The smallest absolute Gasteiger partial charge is 0.409 e. The molecule has 0 saturated carbocycles. The second-order valence-corrected chi connectivity index (χ2v) is 7.41. The van der Waals surface area contributed by atoms with Gasteiger partial charge in [0.05, 0.1) is 18.2 Å². The lowest BCUT2D eigenvalue weighted by Crippen LogP contribution is -2.47. The summed E-state index contributed by atoms with van der Waals surface area (Å²) in [5.74, 6) is 0. The molecule has 1 amide bonds. The number of benzene rings is 1. The van der Waals surface area contributed by atoms with Gasteiger partial charge in [-0.1, -0.05) is 19.1 Å². The summed E-state index contributed by atoms with van der Waals surface area (Å²) in [6.45, 7) is 7.08. The Labute approximate surface area is 150 Å². The van der Waals surface area contributed by atoms with Crippen LogP contribution in [0.3, 0.4) is 0 Å². The van der Waals surface area contributed by atoms with Gasteiger partial charge in [-0.05, 0) is 49.9 Å². The van der Waals surface area contributed by atoms with E-state index in [9.17, 15) is 4.79 Å². The van der Waals surface area contributed by atoms with Crippen LogP contribution in [0, 0.1) is 16.7 Å². The summed E-state index contributed by atoms with van der Waals surface area (Å²) in [6.07, 6.45) is 4.07. The van der Waals surface area contributed by atoms with Gasteiger partial charge in [-0.15, -0.1) is 0 Å². The highest BCUT2D eigenvalue weighted by Gasteiger charge is 2.42. The molecule has 2 aliphatic heterocycles. The van der Waals surface area contributed by atoms with E-state index in [1.165, 1.54) is 12.0 Å². The lowest BCUT2D eigenvalue weighted by Gasteiger charge is -2.40. The van der Waals surface area contributed by atoms with Crippen molar-refractivity contribution in [2.45, 2.75) is 39.2 Å². The lowest BCUT2D eigenvalue weighted by atomic mass is 9.79. The van der Waals surface area contributed by atoms with E-state index in [-0.39, 0.29) is 11.5 Å². The van der Waals surface area contributed by atoms with Gasteiger partial charge in [-0.2, -0.15) is 5.26 Å². The minimum atomic E-state index is -0.152. The number of likely N-dealkylation sites (tertiary alicyclic amines) is 2. The number of carbonyl (C=O) groups is 1. The summed E-state index contributed by atoms with van der Waals surface area (Å²) in [6, 6.07) is 10.1. The molecule has 0 aromatic heterocycles. The Morgan fingerprint density at radius 2 is 2.20 bits per heavy atom. The van der Waals surface area contributed by atoms with Crippen LogP contribution >= 0.6 is 0 Å². The zero-order valence-electron chi connectivity index (χ0n) is 15.0. The van der Waals surface area contributed by atoms with Crippen molar-refractivity contribution in [2.75, 3.05) is 32.8 Å². The number of nitrogens with zero attached hydrogens (tertiary/aromatic N) is 3. The molecule has 1 aromatic carbocycles. The van der Waals surface area contributed by atoms with Crippen molar-refractivity contribution in [3.05, 3.63) is 35.4 Å². The molecule has 25 heavy (non-hydrogen) atoms. The first-order valence-electron chi connectivity index (χ1n) is 9.27. The third kappa shape index (κ3) is 4.32. The second-order valence-electron chi connectivity index (χ2n) is 7.41.